The van der Waals surface area contributed by atoms with Crippen LogP contribution in [0.2, 0.25) is 0 Å². The van der Waals surface area contributed by atoms with Crippen molar-refractivity contribution in [2.24, 2.45) is 0 Å². The lowest BCUT2D eigenvalue weighted by atomic mass is 10.4. The van der Waals surface area contributed by atoms with E-state index in [0.717, 1.165) is 32.6 Å². The zero-order chi connectivity index (χ0) is 12.8. The van der Waals surface area contributed by atoms with Crippen molar-refractivity contribution in [1.82, 2.24) is 10.2 Å². The van der Waals surface area contributed by atoms with Gasteiger partial charge in [0, 0.05) is 19.6 Å². The third kappa shape index (κ3) is 5.10. The van der Waals surface area contributed by atoms with Gasteiger partial charge < -0.3 is 10.2 Å². The lowest BCUT2D eigenvalue weighted by Gasteiger charge is -2.19. The molecule has 108 valence electrons. The molecule has 1 N–H and O–H groups in total. The lowest BCUT2D eigenvalue weighted by molar-refractivity contribution is 0.309. The van der Waals surface area contributed by atoms with Crippen LogP contribution in [0.3, 0.4) is 0 Å². The van der Waals surface area contributed by atoms with Crippen molar-refractivity contribution in [3.05, 3.63) is 30.3 Å². The van der Waals surface area contributed by atoms with Crippen molar-refractivity contribution in [2.45, 2.75) is 11.3 Å². The van der Waals surface area contributed by atoms with Crippen LogP contribution in [-0.4, -0.2) is 51.8 Å². The maximum Gasteiger partial charge on any atom is 0.179 e. The SMILES string of the molecule is Cl.O=S(=O)(CCN1CCCNCC1)c1ccccc1. The molecule has 1 fully saturated rings. The van der Waals surface area contributed by atoms with E-state index in [0.29, 0.717) is 11.4 Å². The summed E-state index contributed by atoms with van der Waals surface area (Å²) in [5.74, 6) is 0.205. The molecule has 0 bridgehead atoms. The van der Waals surface area contributed by atoms with Crippen LogP contribution in [-0.2, 0) is 9.84 Å². The van der Waals surface area contributed by atoms with Gasteiger partial charge >= 0.3 is 0 Å². The van der Waals surface area contributed by atoms with Crippen LogP contribution in [0.15, 0.2) is 35.2 Å². The van der Waals surface area contributed by atoms with Crippen molar-refractivity contribution in [3.63, 3.8) is 0 Å². The Morgan fingerprint density at radius 1 is 1.11 bits per heavy atom. The molecular weight excluding hydrogens is 284 g/mol. The Hall–Kier alpha value is -0.620. The summed E-state index contributed by atoms with van der Waals surface area (Å²) >= 11 is 0. The number of benzene rings is 1. The molecule has 2 rings (SSSR count). The fraction of sp³-hybridized carbons (Fsp3) is 0.538. The molecule has 0 spiro atoms. The second-order valence-electron chi connectivity index (χ2n) is 4.58. The van der Waals surface area contributed by atoms with Gasteiger partial charge in [0.2, 0.25) is 0 Å². The van der Waals surface area contributed by atoms with E-state index in [-0.39, 0.29) is 18.2 Å². The highest BCUT2D eigenvalue weighted by Gasteiger charge is 2.16. The van der Waals surface area contributed by atoms with Crippen LogP contribution in [0.4, 0.5) is 0 Å². The zero-order valence-corrected chi connectivity index (χ0v) is 12.5. The Kier molecular flexibility index (Phi) is 6.79. The fourth-order valence-corrected chi connectivity index (χ4v) is 3.43. The summed E-state index contributed by atoms with van der Waals surface area (Å²) in [6.45, 7) is 4.52. The molecule has 6 heteroatoms. The van der Waals surface area contributed by atoms with E-state index in [2.05, 4.69) is 10.2 Å². The largest absolute Gasteiger partial charge is 0.315 e. The summed E-state index contributed by atoms with van der Waals surface area (Å²) in [6, 6.07) is 8.70. The van der Waals surface area contributed by atoms with E-state index in [1.165, 1.54) is 0 Å². The molecule has 0 aliphatic carbocycles. The second kappa shape index (κ2) is 7.85. The van der Waals surface area contributed by atoms with Crippen LogP contribution in [0.5, 0.6) is 0 Å². The summed E-state index contributed by atoms with van der Waals surface area (Å²) in [6.07, 6.45) is 1.09. The van der Waals surface area contributed by atoms with Gasteiger partial charge in [-0.05, 0) is 31.6 Å². The molecule has 0 amide bonds. The van der Waals surface area contributed by atoms with Crippen LogP contribution in [0.1, 0.15) is 6.42 Å². The molecule has 19 heavy (non-hydrogen) atoms. The number of sulfone groups is 1. The number of nitrogens with zero attached hydrogens (tertiary/aromatic N) is 1. The van der Waals surface area contributed by atoms with E-state index >= 15 is 0 Å². The lowest BCUT2D eigenvalue weighted by Crippen LogP contribution is -2.32. The Bertz CT molecular complexity index is 457. The minimum atomic E-state index is -3.13. The molecule has 4 nitrogen and oxygen atoms in total. The first-order chi connectivity index (χ1) is 8.68. The number of rotatable bonds is 4. The summed E-state index contributed by atoms with van der Waals surface area (Å²) in [4.78, 5) is 2.65. The average Bonchev–Trinajstić information content (AvgIpc) is 2.66. The predicted octanol–water partition coefficient (Wildman–Crippen LogP) is 1.18. The van der Waals surface area contributed by atoms with E-state index in [1.807, 2.05) is 6.07 Å². The van der Waals surface area contributed by atoms with Crippen molar-refractivity contribution in [2.75, 3.05) is 38.5 Å². The normalized spacial score (nSPS) is 17.5. The first-order valence-electron chi connectivity index (χ1n) is 6.39. The molecule has 1 heterocycles. The Labute approximate surface area is 121 Å². The zero-order valence-electron chi connectivity index (χ0n) is 10.9. The van der Waals surface area contributed by atoms with Gasteiger partial charge in [-0.3, -0.25) is 0 Å². The molecule has 1 aromatic carbocycles. The third-order valence-electron chi connectivity index (χ3n) is 3.21. The number of halogens is 1. The summed E-state index contributed by atoms with van der Waals surface area (Å²) in [7, 11) is -3.13. The summed E-state index contributed by atoms with van der Waals surface area (Å²) in [5, 5.41) is 3.31. The highest BCUT2D eigenvalue weighted by Crippen LogP contribution is 2.10. The predicted molar refractivity (Wildman–Crippen MR) is 79.7 cm³/mol. The Morgan fingerprint density at radius 3 is 2.58 bits per heavy atom. The molecule has 1 aliphatic heterocycles. The highest BCUT2D eigenvalue weighted by atomic mass is 35.5. The average molecular weight is 305 g/mol. The van der Waals surface area contributed by atoms with Crippen molar-refractivity contribution in [1.29, 1.82) is 0 Å². The maximum atomic E-state index is 12.1. The van der Waals surface area contributed by atoms with Crippen LogP contribution in [0.25, 0.3) is 0 Å². The molecule has 0 aromatic heterocycles. The number of nitrogens with one attached hydrogen (secondary N) is 1. The van der Waals surface area contributed by atoms with Crippen LogP contribution < -0.4 is 5.32 Å². The van der Waals surface area contributed by atoms with Crippen molar-refractivity contribution in [3.8, 4) is 0 Å². The Morgan fingerprint density at radius 2 is 1.84 bits per heavy atom. The van der Waals surface area contributed by atoms with Gasteiger partial charge in [-0.2, -0.15) is 0 Å². The van der Waals surface area contributed by atoms with Gasteiger partial charge in [0.25, 0.3) is 0 Å². The fourth-order valence-electron chi connectivity index (χ4n) is 2.12. The minimum absolute atomic E-state index is 0. The first-order valence-corrected chi connectivity index (χ1v) is 8.04. The minimum Gasteiger partial charge on any atom is -0.315 e. The maximum absolute atomic E-state index is 12.1. The monoisotopic (exact) mass is 304 g/mol. The van der Waals surface area contributed by atoms with Gasteiger partial charge in [0.05, 0.1) is 10.6 Å². The highest BCUT2D eigenvalue weighted by molar-refractivity contribution is 7.91. The van der Waals surface area contributed by atoms with Crippen LogP contribution >= 0.6 is 12.4 Å². The van der Waals surface area contributed by atoms with Crippen LogP contribution in [0, 0.1) is 0 Å². The van der Waals surface area contributed by atoms with Crippen molar-refractivity contribution < 1.29 is 8.42 Å². The van der Waals surface area contributed by atoms with Crippen molar-refractivity contribution >= 4 is 22.2 Å². The Balaban J connectivity index is 0.00000180. The quantitative estimate of drug-likeness (QED) is 0.907. The van der Waals surface area contributed by atoms with E-state index < -0.39 is 9.84 Å². The summed E-state index contributed by atoms with van der Waals surface area (Å²) in [5.41, 5.74) is 0. The molecule has 0 saturated carbocycles. The summed E-state index contributed by atoms with van der Waals surface area (Å²) < 4.78 is 24.2. The van der Waals surface area contributed by atoms with Gasteiger partial charge in [-0.1, -0.05) is 18.2 Å². The standard InChI is InChI=1S/C13H20N2O2S.ClH/c16-18(17,13-5-2-1-3-6-13)12-11-15-9-4-7-14-8-10-15;/h1-3,5-6,14H,4,7-12H2;1H. The molecule has 1 aliphatic rings. The first kappa shape index (κ1) is 16.4. The van der Waals surface area contributed by atoms with Gasteiger partial charge in [0.15, 0.2) is 9.84 Å². The number of hydrogen-bond acceptors (Lipinski definition) is 4. The molecule has 1 aromatic rings. The number of hydrogen-bond donors (Lipinski definition) is 1. The van der Waals surface area contributed by atoms with Gasteiger partial charge in [-0.15, -0.1) is 12.4 Å². The molecule has 0 atom stereocenters. The van der Waals surface area contributed by atoms with E-state index in [1.54, 1.807) is 24.3 Å². The smallest absolute Gasteiger partial charge is 0.179 e. The molecule has 1 saturated heterocycles. The van der Waals surface area contributed by atoms with Gasteiger partial charge in [-0.25, -0.2) is 8.42 Å². The second-order valence-corrected chi connectivity index (χ2v) is 6.69. The molecule has 0 unspecified atom stereocenters. The van der Waals surface area contributed by atoms with Gasteiger partial charge in [0.1, 0.15) is 0 Å². The topological polar surface area (TPSA) is 49.4 Å². The molecule has 0 radical (unpaired) electrons. The third-order valence-corrected chi connectivity index (χ3v) is 4.92. The molecular formula is C13H21ClN2O2S. The van der Waals surface area contributed by atoms with E-state index in [4.69, 9.17) is 0 Å². The van der Waals surface area contributed by atoms with E-state index in [9.17, 15) is 8.42 Å².